The van der Waals surface area contributed by atoms with Gasteiger partial charge in [-0.3, -0.25) is 4.79 Å². The number of aromatic nitrogens is 1. The van der Waals surface area contributed by atoms with Crippen molar-refractivity contribution >= 4 is 0 Å². The molecule has 1 saturated carbocycles. The summed E-state index contributed by atoms with van der Waals surface area (Å²) in [7, 11) is 0. The standard InChI is InChI=1S/C12H17NO2/c14-12-8-4-5-9-13(12)15-10-11-6-2-1-3-7-11/h4-5,8-9,11H,1-3,6-7,10H2. The van der Waals surface area contributed by atoms with Crippen LogP contribution in [-0.2, 0) is 0 Å². The van der Waals surface area contributed by atoms with E-state index < -0.39 is 0 Å². The molecular formula is C12H17NO2. The quantitative estimate of drug-likeness (QED) is 0.757. The highest BCUT2D eigenvalue weighted by molar-refractivity contribution is 4.91. The molecule has 3 nitrogen and oxygen atoms in total. The fourth-order valence-corrected chi connectivity index (χ4v) is 2.06. The Hall–Kier alpha value is -1.25. The monoisotopic (exact) mass is 207 g/mol. The summed E-state index contributed by atoms with van der Waals surface area (Å²) >= 11 is 0. The summed E-state index contributed by atoms with van der Waals surface area (Å²) in [6.07, 6.45) is 8.10. The maximum Gasteiger partial charge on any atom is 0.282 e. The van der Waals surface area contributed by atoms with Gasteiger partial charge >= 0.3 is 0 Å². The number of pyridine rings is 1. The molecule has 0 bridgehead atoms. The van der Waals surface area contributed by atoms with Crippen LogP contribution in [0.25, 0.3) is 0 Å². The lowest BCUT2D eigenvalue weighted by atomic mass is 9.90. The van der Waals surface area contributed by atoms with Gasteiger partial charge in [-0.15, -0.1) is 0 Å². The first kappa shape index (κ1) is 10.3. The zero-order valence-corrected chi connectivity index (χ0v) is 8.89. The Bertz CT molecular complexity index is 353. The summed E-state index contributed by atoms with van der Waals surface area (Å²) in [4.78, 5) is 16.8. The second-order valence-corrected chi connectivity index (χ2v) is 4.16. The van der Waals surface area contributed by atoms with Crippen molar-refractivity contribution in [2.75, 3.05) is 6.61 Å². The van der Waals surface area contributed by atoms with Crippen molar-refractivity contribution in [3.8, 4) is 0 Å². The van der Waals surface area contributed by atoms with Crippen molar-refractivity contribution < 1.29 is 4.84 Å². The van der Waals surface area contributed by atoms with Crippen LogP contribution in [0, 0.1) is 5.92 Å². The maximum atomic E-state index is 11.3. The average molecular weight is 207 g/mol. The van der Waals surface area contributed by atoms with Gasteiger partial charge in [-0.25, -0.2) is 0 Å². The van der Waals surface area contributed by atoms with E-state index in [9.17, 15) is 4.79 Å². The highest BCUT2D eigenvalue weighted by atomic mass is 16.7. The van der Waals surface area contributed by atoms with Crippen LogP contribution in [-0.4, -0.2) is 11.3 Å². The van der Waals surface area contributed by atoms with E-state index in [1.54, 1.807) is 12.3 Å². The molecule has 82 valence electrons. The number of hydrogen-bond donors (Lipinski definition) is 0. The van der Waals surface area contributed by atoms with Crippen LogP contribution in [0.3, 0.4) is 0 Å². The van der Waals surface area contributed by atoms with Gasteiger partial charge in [-0.2, -0.15) is 4.73 Å². The van der Waals surface area contributed by atoms with Crippen LogP contribution in [0.15, 0.2) is 29.2 Å². The highest BCUT2D eigenvalue weighted by Gasteiger charge is 2.14. The van der Waals surface area contributed by atoms with E-state index in [0.29, 0.717) is 12.5 Å². The summed E-state index contributed by atoms with van der Waals surface area (Å²) in [6, 6.07) is 5.05. The Morgan fingerprint density at radius 3 is 2.80 bits per heavy atom. The number of hydrogen-bond acceptors (Lipinski definition) is 2. The van der Waals surface area contributed by atoms with Gasteiger partial charge in [0.05, 0.1) is 0 Å². The molecule has 1 heterocycles. The van der Waals surface area contributed by atoms with Crippen LogP contribution in [0.5, 0.6) is 0 Å². The summed E-state index contributed by atoms with van der Waals surface area (Å²) in [5, 5.41) is 0. The Morgan fingerprint density at radius 2 is 2.07 bits per heavy atom. The molecule has 0 unspecified atom stereocenters. The van der Waals surface area contributed by atoms with Gasteiger partial charge in [0.1, 0.15) is 6.61 Å². The minimum absolute atomic E-state index is 0.0895. The van der Waals surface area contributed by atoms with Gasteiger partial charge in [0.2, 0.25) is 0 Å². The zero-order chi connectivity index (χ0) is 10.5. The van der Waals surface area contributed by atoms with Crippen LogP contribution in [0.1, 0.15) is 32.1 Å². The molecule has 0 spiro atoms. The summed E-state index contributed by atoms with van der Waals surface area (Å²) in [5.41, 5.74) is -0.0895. The van der Waals surface area contributed by atoms with E-state index >= 15 is 0 Å². The molecule has 1 aliphatic rings. The van der Waals surface area contributed by atoms with Crippen LogP contribution in [0.2, 0.25) is 0 Å². The van der Waals surface area contributed by atoms with Crippen molar-refractivity contribution in [1.82, 2.24) is 4.73 Å². The van der Waals surface area contributed by atoms with E-state index in [-0.39, 0.29) is 5.56 Å². The van der Waals surface area contributed by atoms with Gasteiger partial charge in [0.25, 0.3) is 5.56 Å². The van der Waals surface area contributed by atoms with Crippen LogP contribution in [0.4, 0.5) is 0 Å². The SMILES string of the molecule is O=c1ccccn1OCC1CCCCC1. The molecule has 0 N–H and O–H groups in total. The first-order chi connectivity index (χ1) is 7.36. The number of rotatable bonds is 3. The first-order valence-electron chi connectivity index (χ1n) is 5.67. The van der Waals surface area contributed by atoms with Gasteiger partial charge in [0, 0.05) is 12.3 Å². The van der Waals surface area contributed by atoms with Gasteiger partial charge < -0.3 is 4.84 Å². The van der Waals surface area contributed by atoms with E-state index in [1.165, 1.54) is 42.9 Å². The van der Waals surface area contributed by atoms with E-state index in [1.807, 2.05) is 6.07 Å². The minimum atomic E-state index is -0.0895. The van der Waals surface area contributed by atoms with Gasteiger partial charge in [0.15, 0.2) is 0 Å². The smallest absolute Gasteiger partial charge is 0.282 e. The van der Waals surface area contributed by atoms with Crippen molar-refractivity contribution in [1.29, 1.82) is 0 Å². The molecule has 0 amide bonds. The lowest BCUT2D eigenvalue weighted by Gasteiger charge is -2.21. The van der Waals surface area contributed by atoms with Crippen molar-refractivity contribution in [2.45, 2.75) is 32.1 Å². The molecule has 0 saturated heterocycles. The predicted octanol–water partition coefficient (Wildman–Crippen LogP) is 1.86. The zero-order valence-electron chi connectivity index (χ0n) is 8.89. The molecule has 0 atom stereocenters. The third-order valence-corrected chi connectivity index (χ3v) is 2.96. The van der Waals surface area contributed by atoms with Crippen molar-refractivity contribution in [2.24, 2.45) is 5.92 Å². The topological polar surface area (TPSA) is 31.2 Å². The van der Waals surface area contributed by atoms with E-state index in [0.717, 1.165) is 0 Å². The van der Waals surface area contributed by atoms with E-state index in [4.69, 9.17) is 4.84 Å². The van der Waals surface area contributed by atoms with Crippen molar-refractivity contribution in [3.05, 3.63) is 34.7 Å². The predicted molar refractivity (Wildman–Crippen MR) is 58.7 cm³/mol. The summed E-state index contributed by atoms with van der Waals surface area (Å²) in [5.74, 6) is 0.630. The molecule has 3 heteroatoms. The molecule has 0 aliphatic heterocycles. The lowest BCUT2D eigenvalue weighted by molar-refractivity contribution is 0.0618. The largest absolute Gasteiger partial charge is 0.411 e. The van der Waals surface area contributed by atoms with Crippen LogP contribution < -0.4 is 10.4 Å². The van der Waals surface area contributed by atoms with Gasteiger partial charge in [-0.05, 0) is 24.8 Å². The molecule has 1 aliphatic carbocycles. The molecular weight excluding hydrogens is 190 g/mol. The van der Waals surface area contributed by atoms with E-state index in [2.05, 4.69) is 0 Å². The Morgan fingerprint density at radius 1 is 1.27 bits per heavy atom. The fourth-order valence-electron chi connectivity index (χ4n) is 2.06. The molecule has 1 aromatic rings. The maximum absolute atomic E-state index is 11.3. The Balaban J connectivity index is 1.87. The molecule has 0 aromatic carbocycles. The Labute approximate surface area is 89.6 Å². The molecule has 15 heavy (non-hydrogen) atoms. The fraction of sp³-hybridized carbons (Fsp3) is 0.583. The van der Waals surface area contributed by atoms with Crippen LogP contribution >= 0.6 is 0 Å². The number of nitrogens with zero attached hydrogens (tertiary/aromatic N) is 1. The second kappa shape index (κ2) is 5.01. The molecule has 2 rings (SSSR count). The first-order valence-corrected chi connectivity index (χ1v) is 5.67. The molecule has 1 aromatic heterocycles. The molecule has 1 fully saturated rings. The highest BCUT2D eigenvalue weighted by Crippen LogP contribution is 2.22. The van der Waals surface area contributed by atoms with Crippen molar-refractivity contribution in [3.63, 3.8) is 0 Å². The Kier molecular flexibility index (Phi) is 3.43. The summed E-state index contributed by atoms with van der Waals surface area (Å²) in [6.45, 7) is 0.671. The molecule has 0 radical (unpaired) electrons. The third-order valence-electron chi connectivity index (χ3n) is 2.96. The minimum Gasteiger partial charge on any atom is -0.411 e. The third kappa shape index (κ3) is 2.85. The summed E-state index contributed by atoms with van der Waals surface area (Å²) < 4.78 is 1.33. The normalized spacial score (nSPS) is 17.6. The van der Waals surface area contributed by atoms with Gasteiger partial charge in [-0.1, -0.05) is 25.3 Å². The average Bonchev–Trinajstić information content (AvgIpc) is 2.29. The lowest BCUT2D eigenvalue weighted by Crippen LogP contribution is -2.29. The second-order valence-electron chi connectivity index (χ2n) is 4.16.